The van der Waals surface area contributed by atoms with E-state index in [-0.39, 0.29) is 15.7 Å². The fourth-order valence-corrected chi connectivity index (χ4v) is 1.31. The number of halogens is 2. The van der Waals surface area contributed by atoms with Gasteiger partial charge in [-0.1, -0.05) is 23.2 Å². The lowest BCUT2D eigenvalue weighted by Crippen LogP contribution is -2.42. The standard InChI is InChI=1S/C10H9Cl2N3O4/c1-4(8(16)15-10(13)18)19-9(17)5-2-6(11)7(12)14-3-5/h2-4H,1H3,(H3,13,15,16,18)/t4-/m0/s1. The lowest BCUT2D eigenvalue weighted by Gasteiger charge is -2.11. The van der Waals surface area contributed by atoms with Crippen LogP contribution in [0, 0.1) is 0 Å². The number of amides is 3. The van der Waals surface area contributed by atoms with E-state index in [4.69, 9.17) is 33.7 Å². The molecule has 0 aliphatic rings. The van der Waals surface area contributed by atoms with Crippen molar-refractivity contribution in [1.82, 2.24) is 10.3 Å². The van der Waals surface area contributed by atoms with Gasteiger partial charge in [0.05, 0.1) is 10.6 Å². The lowest BCUT2D eigenvalue weighted by atomic mass is 10.3. The topological polar surface area (TPSA) is 111 Å². The first-order valence-corrected chi connectivity index (χ1v) is 5.69. The highest BCUT2D eigenvalue weighted by atomic mass is 35.5. The zero-order chi connectivity index (χ0) is 14.6. The van der Waals surface area contributed by atoms with Gasteiger partial charge >= 0.3 is 12.0 Å². The summed E-state index contributed by atoms with van der Waals surface area (Å²) in [6, 6.07) is 0.210. The highest BCUT2D eigenvalue weighted by Crippen LogP contribution is 2.20. The third kappa shape index (κ3) is 4.38. The lowest BCUT2D eigenvalue weighted by molar-refractivity contribution is -0.127. The molecular formula is C10H9Cl2N3O4. The second-order valence-electron chi connectivity index (χ2n) is 3.40. The Labute approximate surface area is 118 Å². The number of nitrogens with zero attached hydrogens (tertiary/aromatic N) is 1. The first-order chi connectivity index (χ1) is 8.81. The molecule has 0 aromatic carbocycles. The summed E-state index contributed by atoms with van der Waals surface area (Å²) in [4.78, 5) is 37.1. The maximum atomic E-state index is 11.6. The zero-order valence-corrected chi connectivity index (χ0v) is 11.2. The van der Waals surface area contributed by atoms with Crippen molar-refractivity contribution in [3.05, 3.63) is 28.0 Å². The van der Waals surface area contributed by atoms with E-state index < -0.39 is 24.0 Å². The van der Waals surface area contributed by atoms with Gasteiger partial charge in [-0.2, -0.15) is 0 Å². The van der Waals surface area contributed by atoms with Gasteiger partial charge in [-0.15, -0.1) is 0 Å². The van der Waals surface area contributed by atoms with Gasteiger partial charge in [-0.05, 0) is 13.0 Å². The molecule has 1 atom stereocenters. The molecule has 1 aromatic heterocycles. The summed E-state index contributed by atoms with van der Waals surface area (Å²) in [6.45, 7) is 1.28. The van der Waals surface area contributed by atoms with E-state index in [0.717, 1.165) is 6.20 Å². The van der Waals surface area contributed by atoms with Crippen molar-refractivity contribution in [3.8, 4) is 0 Å². The van der Waals surface area contributed by atoms with Crippen LogP contribution in [0.1, 0.15) is 17.3 Å². The molecule has 7 nitrogen and oxygen atoms in total. The number of esters is 1. The maximum absolute atomic E-state index is 11.6. The summed E-state index contributed by atoms with van der Waals surface area (Å²) in [5, 5.41) is 1.89. The predicted octanol–water partition coefficient (Wildman–Crippen LogP) is 1.13. The molecule has 0 fully saturated rings. The first-order valence-electron chi connectivity index (χ1n) is 4.93. The second kappa shape index (κ2) is 6.35. The molecule has 1 heterocycles. The van der Waals surface area contributed by atoms with E-state index in [1.54, 1.807) is 5.32 Å². The second-order valence-corrected chi connectivity index (χ2v) is 4.16. The molecule has 0 saturated carbocycles. The predicted molar refractivity (Wildman–Crippen MR) is 66.9 cm³/mol. The van der Waals surface area contributed by atoms with Crippen LogP contribution in [0.25, 0.3) is 0 Å². The Bertz CT molecular complexity index is 536. The van der Waals surface area contributed by atoms with Crippen molar-refractivity contribution < 1.29 is 19.1 Å². The Hall–Kier alpha value is -1.86. The largest absolute Gasteiger partial charge is 0.449 e. The van der Waals surface area contributed by atoms with Crippen LogP contribution in [0.2, 0.25) is 10.2 Å². The van der Waals surface area contributed by atoms with Crippen LogP contribution >= 0.6 is 23.2 Å². The van der Waals surface area contributed by atoms with Crippen LogP contribution in [0.4, 0.5) is 4.79 Å². The molecule has 3 amide bonds. The zero-order valence-electron chi connectivity index (χ0n) is 9.65. The summed E-state index contributed by atoms with van der Waals surface area (Å²) in [7, 11) is 0. The molecule has 102 valence electrons. The Kier molecular flexibility index (Phi) is 5.08. The third-order valence-electron chi connectivity index (χ3n) is 1.93. The summed E-state index contributed by atoms with van der Waals surface area (Å²) < 4.78 is 4.79. The molecule has 0 radical (unpaired) electrons. The summed E-state index contributed by atoms with van der Waals surface area (Å²) in [6.07, 6.45) is -0.0515. The highest BCUT2D eigenvalue weighted by Gasteiger charge is 2.20. The fraction of sp³-hybridized carbons (Fsp3) is 0.200. The summed E-state index contributed by atoms with van der Waals surface area (Å²) >= 11 is 11.3. The van der Waals surface area contributed by atoms with Gasteiger partial charge in [0.25, 0.3) is 5.91 Å². The van der Waals surface area contributed by atoms with Crippen molar-refractivity contribution in [2.45, 2.75) is 13.0 Å². The van der Waals surface area contributed by atoms with Crippen LogP contribution in [0.15, 0.2) is 12.3 Å². The smallest absolute Gasteiger partial charge is 0.340 e. The summed E-state index contributed by atoms with van der Waals surface area (Å²) in [5.74, 6) is -1.67. The summed E-state index contributed by atoms with van der Waals surface area (Å²) in [5.41, 5.74) is 4.78. The molecule has 0 spiro atoms. The number of carbonyl (C=O) groups excluding carboxylic acids is 3. The molecule has 0 bridgehead atoms. The Balaban J connectivity index is 2.71. The number of hydrogen-bond acceptors (Lipinski definition) is 5. The minimum absolute atomic E-state index is 0.0214. The molecule has 1 rings (SSSR count). The Morgan fingerprint density at radius 2 is 2.05 bits per heavy atom. The molecule has 0 aliphatic heterocycles. The number of nitrogens with two attached hydrogens (primary N) is 1. The van der Waals surface area contributed by atoms with E-state index in [2.05, 4.69) is 4.98 Å². The number of ether oxygens (including phenoxy) is 1. The van der Waals surface area contributed by atoms with Crippen molar-refractivity contribution in [3.63, 3.8) is 0 Å². The molecule has 1 aromatic rings. The third-order valence-corrected chi connectivity index (χ3v) is 2.62. The number of nitrogens with one attached hydrogen (secondary N) is 1. The van der Waals surface area contributed by atoms with Gasteiger partial charge in [0.15, 0.2) is 6.10 Å². The number of primary amides is 1. The van der Waals surface area contributed by atoms with Gasteiger partial charge in [-0.3, -0.25) is 10.1 Å². The quantitative estimate of drug-likeness (QED) is 0.642. The Morgan fingerprint density at radius 1 is 1.42 bits per heavy atom. The number of rotatable bonds is 3. The minimum Gasteiger partial charge on any atom is -0.449 e. The molecule has 3 N–H and O–H groups in total. The molecule has 19 heavy (non-hydrogen) atoms. The number of imide groups is 1. The van der Waals surface area contributed by atoms with Crippen LogP contribution in [0.3, 0.4) is 0 Å². The number of pyridine rings is 1. The molecular weight excluding hydrogens is 297 g/mol. The van der Waals surface area contributed by atoms with E-state index >= 15 is 0 Å². The molecule has 9 heteroatoms. The van der Waals surface area contributed by atoms with Crippen LogP contribution in [-0.4, -0.2) is 29.0 Å². The van der Waals surface area contributed by atoms with Crippen molar-refractivity contribution in [2.24, 2.45) is 5.73 Å². The maximum Gasteiger partial charge on any atom is 0.340 e. The van der Waals surface area contributed by atoms with Crippen LogP contribution in [0.5, 0.6) is 0 Å². The first kappa shape index (κ1) is 15.2. The monoisotopic (exact) mass is 305 g/mol. The van der Waals surface area contributed by atoms with Crippen LogP contribution in [-0.2, 0) is 9.53 Å². The Morgan fingerprint density at radius 3 is 2.58 bits per heavy atom. The molecule has 0 saturated heterocycles. The number of hydrogen-bond donors (Lipinski definition) is 2. The van der Waals surface area contributed by atoms with E-state index in [0.29, 0.717) is 0 Å². The van der Waals surface area contributed by atoms with Crippen LogP contribution < -0.4 is 11.1 Å². The highest BCUT2D eigenvalue weighted by molar-refractivity contribution is 6.41. The molecule has 0 unspecified atom stereocenters. The van der Waals surface area contributed by atoms with E-state index in [9.17, 15) is 14.4 Å². The van der Waals surface area contributed by atoms with Crippen molar-refractivity contribution >= 4 is 41.1 Å². The van der Waals surface area contributed by atoms with Gasteiger partial charge < -0.3 is 10.5 Å². The van der Waals surface area contributed by atoms with E-state index in [1.807, 2.05) is 0 Å². The van der Waals surface area contributed by atoms with Crippen molar-refractivity contribution in [2.75, 3.05) is 0 Å². The minimum atomic E-state index is -1.20. The number of carbonyl (C=O) groups is 3. The van der Waals surface area contributed by atoms with Crippen molar-refractivity contribution in [1.29, 1.82) is 0 Å². The normalized spacial score (nSPS) is 11.5. The van der Waals surface area contributed by atoms with Gasteiger partial charge in [-0.25, -0.2) is 14.6 Å². The fourth-order valence-electron chi connectivity index (χ4n) is 1.04. The van der Waals surface area contributed by atoms with E-state index in [1.165, 1.54) is 13.0 Å². The number of aromatic nitrogens is 1. The van der Waals surface area contributed by atoms with Gasteiger partial charge in [0.2, 0.25) is 0 Å². The van der Waals surface area contributed by atoms with Gasteiger partial charge in [0, 0.05) is 6.20 Å². The van der Waals surface area contributed by atoms with Gasteiger partial charge in [0.1, 0.15) is 5.15 Å². The number of urea groups is 1. The SMILES string of the molecule is C[C@H](OC(=O)c1cnc(Cl)c(Cl)c1)C(=O)NC(N)=O. The average Bonchev–Trinajstić information content (AvgIpc) is 2.31. The average molecular weight is 306 g/mol. The molecule has 0 aliphatic carbocycles.